The highest BCUT2D eigenvalue weighted by molar-refractivity contribution is 5.89. The van der Waals surface area contributed by atoms with Crippen LogP contribution in [0, 0.1) is 0 Å². The van der Waals surface area contributed by atoms with Gasteiger partial charge in [-0.3, -0.25) is 5.32 Å². The lowest BCUT2D eigenvalue weighted by molar-refractivity contribution is 0.0600. The molecule has 0 saturated carbocycles. The molecule has 0 aliphatic carbocycles. The highest BCUT2D eigenvalue weighted by atomic mass is 16.5. The average molecular weight is 279 g/mol. The standard InChI is InChI=1S/C15H25N3O2/c1-3-4-5-10-15(16,17)18-11-12-6-8-13(9-7-12)14(19)20-2/h6-9,18H,3-5,10-11,16-17H2,1-2H3. The van der Waals surface area contributed by atoms with Gasteiger partial charge >= 0.3 is 5.97 Å². The summed E-state index contributed by atoms with van der Waals surface area (Å²) in [6.07, 6.45) is 4.02. The van der Waals surface area contributed by atoms with Crippen molar-refractivity contribution in [1.29, 1.82) is 0 Å². The number of nitrogens with two attached hydrogens (primary N) is 2. The Kier molecular flexibility index (Phi) is 6.64. The lowest BCUT2D eigenvalue weighted by Gasteiger charge is -2.26. The summed E-state index contributed by atoms with van der Waals surface area (Å²) in [5.41, 5.74) is 13.6. The first-order valence-electron chi connectivity index (χ1n) is 6.98. The topological polar surface area (TPSA) is 90.4 Å². The zero-order chi connectivity index (χ0) is 15.0. The molecule has 0 bridgehead atoms. The van der Waals surface area contributed by atoms with Crippen molar-refractivity contribution in [3.8, 4) is 0 Å². The molecule has 1 aromatic rings. The third-order valence-electron chi connectivity index (χ3n) is 3.19. The Labute approximate surface area is 120 Å². The van der Waals surface area contributed by atoms with E-state index in [-0.39, 0.29) is 5.97 Å². The van der Waals surface area contributed by atoms with Crippen molar-refractivity contribution in [1.82, 2.24) is 5.32 Å². The van der Waals surface area contributed by atoms with Crippen molar-refractivity contribution in [3.05, 3.63) is 35.4 Å². The third kappa shape index (κ3) is 5.69. The zero-order valence-corrected chi connectivity index (χ0v) is 12.3. The average Bonchev–Trinajstić information content (AvgIpc) is 2.45. The molecule has 0 unspecified atom stereocenters. The molecular weight excluding hydrogens is 254 g/mol. The molecule has 0 atom stereocenters. The number of carbonyl (C=O) groups is 1. The van der Waals surface area contributed by atoms with Gasteiger partial charge in [0.1, 0.15) is 5.79 Å². The van der Waals surface area contributed by atoms with E-state index < -0.39 is 5.79 Å². The number of methoxy groups -OCH3 is 1. The van der Waals surface area contributed by atoms with Gasteiger partial charge in [0.25, 0.3) is 0 Å². The highest BCUT2D eigenvalue weighted by Gasteiger charge is 2.17. The predicted octanol–water partition coefficient (Wildman–Crippen LogP) is 1.71. The molecule has 5 N–H and O–H groups in total. The molecule has 0 aliphatic heterocycles. The lowest BCUT2D eigenvalue weighted by atomic mass is 10.1. The summed E-state index contributed by atoms with van der Waals surface area (Å²) in [6, 6.07) is 7.19. The Morgan fingerprint density at radius 3 is 2.45 bits per heavy atom. The molecule has 0 fully saturated rings. The fourth-order valence-corrected chi connectivity index (χ4v) is 1.90. The van der Waals surface area contributed by atoms with Gasteiger partial charge in [-0.05, 0) is 30.5 Å². The summed E-state index contributed by atoms with van der Waals surface area (Å²) in [5, 5.41) is 3.14. The van der Waals surface area contributed by atoms with E-state index in [0.29, 0.717) is 12.1 Å². The van der Waals surface area contributed by atoms with E-state index in [1.54, 1.807) is 12.1 Å². The number of hydrogen-bond donors (Lipinski definition) is 3. The van der Waals surface area contributed by atoms with Gasteiger partial charge in [-0.2, -0.15) is 0 Å². The SMILES string of the molecule is CCCCCC(N)(N)NCc1ccc(C(=O)OC)cc1. The smallest absolute Gasteiger partial charge is 0.337 e. The largest absolute Gasteiger partial charge is 0.465 e. The molecule has 1 rings (SSSR count). The molecule has 0 heterocycles. The van der Waals surface area contributed by atoms with Crippen LogP contribution in [0.5, 0.6) is 0 Å². The number of carbonyl (C=O) groups excluding carboxylic acids is 1. The highest BCUT2D eigenvalue weighted by Crippen LogP contribution is 2.08. The second-order valence-corrected chi connectivity index (χ2v) is 5.04. The maximum absolute atomic E-state index is 11.3. The van der Waals surface area contributed by atoms with Gasteiger partial charge in [-0.25, -0.2) is 4.79 Å². The van der Waals surface area contributed by atoms with E-state index in [0.717, 1.165) is 31.2 Å². The molecule has 0 amide bonds. The fourth-order valence-electron chi connectivity index (χ4n) is 1.90. The molecule has 0 saturated heterocycles. The van der Waals surface area contributed by atoms with Crippen LogP contribution in [-0.2, 0) is 11.3 Å². The number of unbranched alkanes of at least 4 members (excludes halogenated alkanes) is 2. The van der Waals surface area contributed by atoms with Crippen molar-refractivity contribution in [2.75, 3.05) is 7.11 Å². The van der Waals surface area contributed by atoms with E-state index in [4.69, 9.17) is 11.5 Å². The number of hydrogen-bond acceptors (Lipinski definition) is 5. The molecule has 0 aliphatic rings. The van der Waals surface area contributed by atoms with Crippen LogP contribution >= 0.6 is 0 Å². The molecule has 0 radical (unpaired) electrons. The monoisotopic (exact) mass is 279 g/mol. The number of rotatable bonds is 8. The predicted molar refractivity (Wildman–Crippen MR) is 79.9 cm³/mol. The van der Waals surface area contributed by atoms with Crippen LogP contribution in [0.4, 0.5) is 0 Å². The van der Waals surface area contributed by atoms with Crippen LogP contribution in [-0.4, -0.2) is 18.9 Å². The van der Waals surface area contributed by atoms with Crippen LogP contribution in [0.25, 0.3) is 0 Å². The van der Waals surface area contributed by atoms with Crippen LogP contribution in [0.15, 0.2) is 24.3 Å². The van der Waals surface area contributed by atoms with Crippen LogP contribution < -0.4 is 16.8 Å². The van der Waals surface area contributed by atoms with Gasteiger partial charge in [0.2, 0.25) is 0 Å². The Bertz CT molecular complexity index is 416. The fraction of sp³-hybridized carbons (Fsp3) is 0.533. The number of ether oxygens (including phenoxy) is 1. The third-order valence-corrected chi connectivity index (χ3v) is 3.19. The van der Waals surface area contributed by atoms with E-state index >= 15 is 0 Å². The number of esters is 1. The van der Waals surface area contributed by atoms with Gasteiger partial charge in [-0.1, -0.05) is 31.9 Å². The van der Waals surface area contributed by atoms with Gasteiger partial charge < -0.3 is 16.2 Å². The van der Waals surface area contributed by atoms with Gasteiger partial charge in [0.05, 0.1) is 12.7 Å². The lowest BCUT2D eigenvalue weighted by Crippen LogP contribution is -2.60. The number of benzene rings is 1. The van der Waals surface area contributed by atoms with Crippen LogP contribution in [0.3, 0.4) is 0 Å². The van der Waals surface area contributed by atoms with E-state index in [1.165, 1.54) is 7.11 Å². The second-order valence-electron chi connectivity index (χ2n) is 5.04. The molecule has 0 aromatic heterocycles. The van der Waals surface area contributed by atoms with Crippen LogP contribution in [0.2, 0.25) is 0 Å². The molecular formula is C15H25N3O2. The van der Waals surface area contributed by atoms with Crippen molar-refractivity contribution >= 4 is 5.97 Å². The Hall–Kier alpha value is -1.43. The van der Waals surface area contributed by atoms with Gasteiger partial charge in [-0.15, -0.1) is 0 Å². The molecule has 5 heteroatoms. The Morgan fingerprint density at radius 2 is 1.90 bits per heavy atom. The summed E-state index contributed by atoms with van der Waals surface area (Å²) in [7, 11) is 1.37. The normalized spacial score (nSPS) is 11.4. The minimum absolute atomic E-state index is 0.337. The van der Waals surface area contributed by atoms with Crippen molar-refractivity contribution in [2.45, 2.75) is 44.9 Å². The van der Waals surface area contributed by atoms with Gasteiger partial charge in [0.15, 0.2) is 0 Å². The first kappa shape index (κ1) is 16.6. The van der Waals surface area contributed by atoms with Crippen molar-refractivity contribution in [3.63, 3.8) is 0 Å². The quantitative estimate of drug-likeness (QED) is 0.383. The molecule has 112 valence electrons. The maximum atomic E-state index is 11.3. The minimum Gasteiger partial charge on any atom is -0.465 e. The summed E-state index contributed by atoms with van der Waals surface area (Å²) >= 11 is 0. The summed E-state index contributed by atoms with van der Waals surface area (Å²) in [5.74, 6) is -1.19. The maximum Gasteiger partial charge on any atom is 0.337 e. The molecule has 1 aromatic carbocycles. The summed E-state index contributed by atoms with van der Waals surface area (Å²) in [4.78, 5) is 11.3. The van der Waals surface area contributed by atoms with E-state index in [9.17, 15) is 4.79 Å². The Morgan fingerprint density at radius 1 is 1.25 bits per heavy atom. The van der Waals surface area contributed by atoms with E-state index in [2.05, 4.69) is 17.0 Å². The first-order valence-corrected chi connectivity index (χ1v) is 6.98. The summed E-state index contributed by atoms with van der Waals surface area (Å²) in [6.45, 7) is 2.71. The Balaban J connectivity index is 2.46. The zero-order valence-electron chi connectivity index (χ0n) is 12.3. The van der Waals surface area contributed by atoms with Crippen molar-refractivity contribution in [2.24, 2.45) is 11.5 Å². The summed E-state index contributed by atoms with van der Waals surface area (Å²) < 4.78 is 4.65. The van der Waals surface area contributed by atoms with Crippen molar-refractivity contribution < 1.29 is 9.53 Å². The van der Waals surface area contributed by atoms with Crippen LogP contribution in [0.1, 0.15) is 48.5 Å². The minimum atomic E-state index is -0.851. The van der Waals surface area contributed by atoms with Gasteiger partial charge in [0, 0.05) is 6.54 Å². The molecule has 5 nitrogen and oxygen atoms in total. The first-order chi connectivity index (χ1) is 9.48. The molecule has 20 heavy (non-hydrogen) atoms. The second kappa shape index (κ2) is 7.99. The van der Waals surface area contributed by atoms with E-state index in [1.807, 2.05) is 12.1 Å². The molecule has 0 spiro atoms. The number of nitrogens with one attached hydrogen (secondary N) is 1.